The molecule has 0 unspecified atom stereocenters. The van der Waals surface area contributed by atoms with Gasteiger partial charge in [-0.1, -0.05) is 15.9 Å². The number of alkyl halides is 5. The molecule has 0 aromatic heterocycles. The summed E-state index contributed by atoms with van der Waals surface area (Å²) in [6.45, 7) is -1.60. The molecule has 0 rings (SSSR count). The molecular weight excluding hydrogens is 282 g/mol. The third kappa shape index (κ3) is 4.77. The number of halogens is 5. The van der Waals surface area contributed by atoms with E-state index < -0.39 is 33.6 Å². The summed E-state index contributed by atoms with van der Waals surface area (Å²) in [6.07, 6.45) is -3.88. The zero-order chi connectivity index (χ0) is 10.7. The predicted molar refractivity (Wildman–Crippen MR) is 41.7 cm³/mol. The Bertz CT molecular complexity index is 255. The molecule has 0 atom stereocenters. The highest BCUT2D eigenvalue weighted by atomic mass is 79.9. The van der Waals surface area contributed by atoms with E-state index in [-0.39, 0.29) is 0 Å². The summed E-state index contributed by atoms with van der Waals surface area (Å²) in [5, 5.41) is 0. The summed E-state index contributed by atoms with van der Waals surface area (Å²) in [6, 6.07) is 0. The molecule has 0 aliphatic rings. The summed E-state index contributed by atoms with van der Waals surface area (Å²) in [5.74, 6) is -4.34. The van der Waals surface area contributed by atoms with Crippen molar-refractivity contribution in [2.24, 2.45) is 0 Å². The fourth-order valence-electron chi connectivity index (χ4n) is 0.322. The van der Waals surface area contributed by atoms with Gasteiger partial charge in [-0.3, -0.25) is 0 Å². The first-order valence-electron chi connectivity index (χ1n) is 2.90. The lowest BCUT2D eigenvalue weighted by Gasteiger charge is -2.14. The van der Waals surface area contributed by atoms with Crippen LogP contribution in [-0.4, -0.2) is 32.0 Å². The largest absolute Gasteiger partial charge is 0.320 e. The van der Waals surface area contributed by atoms with Gasteiger partial charge in [-0.25, -0.2) is 21.9 Å². The zero-order valence-corrected chi connectivity index (χ0v) is 8.51. The Labute approximate surface area is 80.7 Å². The van der Waals surface area contributed by atoms with Gasteiger partial charge in [0.1, 0.15) is 4.66 Å². The van der Waals surface area contributed by atoms with Crippen LogP contribution >= 0.6 is 15.9 Å². The van der Waals surface area contributed by atoms with Crippen LogP contribution in [0, 0.1) is 0 Å². The van der Waals surface area contributed by atoms with Gasteiger partial charge in [-0.15, -0.1) is 0 Å². The molecule has 0 aliphatic heterocycles. The summed E-state index contributed by atoms with van der Waals surface area (Å²) < 4.78 is 69.0. The first kappa shape index (κ1) is 13.1. The van der Waals surface area contributed by atoms with Crippen molar-refractivity contribution in [1.82, 2.24) is 4.72 Å². The van der Waals surface area contributed by atoms with E-state index in [2.05, 4.69) is 15.9 Å². The quantitative estimate of drug-likeness (QED) is 0.609. The molecule has 0 saturated carbocycles. The highest BCUT2D eigenvalue weighted by Gasteiger charge is 2.41. The highest BCUT2D eigenvalue weighted by molar-refractivity contribution is 9.10. The average Bonchev–Trinajstić information content (AvgIpc) is 2.01. The molecule has 0 bridgehead atoms. The Hall–Kier alpha value is 0.110. The van der Waals surface area contributed by atoms with Gasteiger partial charge in [0.15, 0.2) is 0 Å². The van der Waals surface area contributed by atoms with Crippen LogP contribution in [0.2, 0.25) is 0 Å². The maximum absolute atomic E-state index is 12.1. The Morgan fingerprint density at radius 1 is 1.38 bits per heavy atom. The molecule has 0 fully saturated rings. The van der Waals surface area contributed by atoms with Crippen LogP contribution in [0.4, 0.5) is 17.6 Å². The van der Waals surface area contributed by atoms with Gasteiger partial charge in [0.05, 0.1) is 6.54 Å². The lowest BCUT2D eigenvalue weighted by atomic mass is 10.4. The summed E-state index contributed by atoms with van der Waals surface area (Å²) >= 11 is 2.49. The fourth-order valence-corrected chi connectivity index (χ4v) is 1.30. The SMILES string of the molecule is O=S(=O)(CBr)NCC(F)(F)C(F)F. The first-order valence-corrected chi connectivity index (χ1v) is 5.68. The van der Waals surface area contributed by atoms with Crippen molar-refractivity contribution in [2.45, 2.75) is 12.3 Å². The lowest BCUT2D eigenvalue weighted by molar-refractivity contribution is -0.122. The van der Waals surface area contributed by atoms with Crippen LogP contribution in [0.1, 0.15) is 0 Å². The van der Waals surface area contributed by atoms with Gasteiger partial charge in [0.2, 0.25) is 10.0 Å². The van der Waals surface area contributed by atoms with Crippen molar-refractivity contribution in [3.8, 4) is 0 Å². The van der Waals surface area contributed by atoms with E-state index >= 15 is 0 Å². The number of nitrogens with one attached hydrogen (secondary N) is 1. The lowest BCUT2D eigenvalue weighted by Crippen LogP contribution is -2.41. The summed E-state index contributed by atoms with van der Waals surface area (Å²) in [4.78, 5) is 0. The molecule has 1 N–H and O–H groups in total. The van der Waals surface area contributed by atoms with Crippen LogP contribution in [0.5, 0.6) is 0 Å². The van der Waals surface area contributed by atoms with Gasteiger partial charge in [0, 0.05) is 0 Å². The van der Waals surface area contributed by atoms with E-state index in [4.69, 9.17) is 0 Å². The normalized spacial score (nSPS) is 13.7. The number of sulfonamides is 1. The second-order valence-electron chi connectivity index (χ2n) is 2.11. The van der Waals surface area contributed by atoms with Gasteiger partial charge >= 0.3 is 12.3 Å². The smallest absolute Gasteiger partial charge is 0.212 e. The molecule has 80 valence electrons. The van der Waals surface area contributed by atoms with Crippen molar-refractivity contribution >= 4 is 26.0 Å². The molecule has 3 nitrogen and oxygen atoms in total. The van der Waals surface area contributed by atoms with Crippen molar-refractivity contribution < 1.29 is 26.0 Å². The molecular formula is C4H6BrF4NO2S. The number of rotatable bonds is 5. The third-order valence-electron chi connectivity index (χ3n) is 0.991. The van der Waals surface area contributed by atoms with Crippen LogP contribution < -0.4 is 4.72 Å². The third-order valence-corrected chi connectivity index (χ3v) is 3.67. The summed E-state index contributed by atoms with van der Waals surface area (Å²) in [7, 11) is -3.93. The minimum absolute atomic E-state index is 0.612. The van der Waals surface area contributed by atoms with Crippen molar-refractivity contribution in [2.75, 3.05) is 11.2 Å². The standard InChI is InChI=1S/C4H6BrF4NO2S/c5-2-13(11,12)10-1-4(8,9)3(6)7/h3,10H,1-2H2. The molecule has 0 aromatic carbocycles. The molecule has 0 heterocycles. The predicted octanol–water partition coefficient (Wildman–Crippen LogP) is 1.16. The maximum atomic E-state index is 12.1. The molecule has 13 heavy (non-hydrogen) atoms. The Morgan fingerprint density at radius 3 is 2.15 bits per heavy atom. The molecule has 0 aliphatic carbocycles. The van der Waals surface area contributed by atoms with E-state index in [1.165, 1.54) is 4.72 Å². The van der Waals surface area contributed by atoms with Crippen LogP contribution in [-0.2, 0) is 10.0 Å². The zero-order valence-electron chi connectivity index (χ0n) is 6.11. The molecule has 0 saturated heterocycles. The van der Waals surface area contributed by atoms with Gasteiger partial charge in [-0.05, 0) is 0 Å². The monoisotopic (exact) mass is 287 g/mol. The molecule has 0 aromatic rings. The Balaban J connectivity index is 4.18. The van der Waals surface area contributed by atoms with Gasteiger partial charge in [-0.2, -0.15) is 8.78 Å². The highest BCUT2D eigenvalue weighted by Crippen LogP contribution is 2.21. The topological polar surface area (TPSA) is 46.2 Å². The molecule has 0 radical (unpaired) electrons. The molecule has 9 heteroatoms. The van der Waals surface area contributed by atoms with E-state index in [1.807, 2.05) is 0 Å². The minimum Gasteiger partial charge on any atom is -0.212 e. The summed E-state index contributed by atoms with van der Waals surface area (Å²) in [5.41, 5.74) is 0. The second kappa shape index (κ2) is 4.56. The average molecular weight is 288 g/mol. The van der Waals surface area contributed by atoms with Crippen molar-refractivity contribution in [3.05, 3.63) is 0 Å². The van der Waals surface area contributed by atoms with Crippen molar-refractivity contribution in [1.29, 1.82) is 0 Å². The van der Waals surface area contributed by atoms with E-state index in [0.29, 0.717) is 0 Å². The van der Waals surface area contributed by atoms with Crippen molar-refractivity contribution in [3.63, 3.8) is 0 Å². The van der Waals surface area contributed by atoms with Crippen LogP contribution in [0.3, 0.4) is 0 Å². The first-order chi connectivity index (χ1) is 5.71. The fraction of sp³-hybridized carbons (Fsp3) is 1.00. The van der Waals surface area contributed by atoms with E-state index in [9.17, 15) is 26.0 Å². The van der Waals surface area contributed by atoms with E-state index in [0.717, 1.165) is 0 Å². The number of hydrogen-bond donors (Lipinski definition) is 1. The second-order valence-corrected chi connectivity index (χ2v) is 5.22. The number of hydrogen-bond acceptors (Lipinski definition) is 2. The molecule has 0 spiro atoms. The van der Waals surface area contributed by atoms with Crippen LogP contribution in [0.25, 0.3) is 0 Å². The van der Waals surface area contributed by atoms with Crippen LogP contribution in [0.15, 0.2) is 0 Å². The maximum Gasteiger partial charge on any atom is 0.320 e. The van der Waals surface area contributed by atoms with E-state index in [1.54, 1.807) is 0 Å². The molecule has 0 amide bonds. The Morgan fingerprint density at radius 2 is 1.85 bits per heavy atom. The minimum atomic E-state index is -4.34. The van der Waals surface area contributed by atoms with Gasteiger partial charge < -0.3 is 0 Å². The Kier molecular flexibility index (Phi) is 4.60. The van der Waals surface area contributed by atoms with Gasteiger partial charge in [0.25, 0.3) is 0 Å².